The largest absolute Gasteiger partial charge is 0.439 e. The summed E-state index contributed by atoms with van der Waals surface area (Å²) >= 11 is 6.21. The highest BCUT2D eigenvalue weighted by atomic mass is 35.5. The molecule has 0 spiro atoms. The summed E-state index contributed by atoms with van der Waals surface area (Å²) in [4.78, 5) is 4.46. The van der Waals surface area contributed by atoms with Gasteiger partial charge in [-0.05, 0) is 73.0 Å². The molecule has 5 aromatic rings. The second-order valence-electron chi connectivity index (χ2n) is 11.1. The van der Waals surface area contributed by atoms with Crippen LogP contribution in [0, 0.1) is 0 Å². The van der Waals surface area contributed by atoms with Crippen molar-refractivity contribution in [2.45, 2.75) is 31.8 Å². The van der Waals surface area contributed by atoms with Crippen LogP contribution in [-0.4, -0.2) is 19.1 Å². The number of oxazole rings is 1. The van der Waals surface area contributed by atoms with E-state index in [1.807, 2.05) is 37.2 Å². The summed E-state index contributed by atoms with van der Waals surface area (Å²) in [5, 5.41) is 4.47. The number of halogens is 1. The average Bonchev–Trinajstić information content (AvgIpc) is 3.61. The fourth-order valence-corrected chi connectivity index (χ4v) is 5.92. The number of hydrogen-bond donors (Lipinski definition) is 1. The first kappa shape index (κ1) is 27.2. The molecule has 43 heavy (non-hydrogen) atoms. The molecule has 1 aliphatic heterocycles. The van der Waals surface area contributed by atoms with Gasteiger partial charge in [0.15, 0.2) is 5.75 Å². The number of rotatable bonds is 8. The maximum Gasteiger partial charge on any atom is 0.374 e. The maximum atomic E-state index is 6.30. The number of nitrogens with zero attached hydrogens (tertiary/aromatic N) is 3. The minimum Gasteiger partial charge on any atom is -0.439 e. The number of ether oxygens (including phenoxy) is 1. The van der Waals surface area contributed by atoms with Crippen LogP contribution >= 0.6 is 11.6 Å². The third-order valence-corrected chi connectivity index (χ3v) is 8.46. The normalized spacial score (nSPS) is 18.6. The molecule has 0 bridgehead atoms. The molecule has 1 aliphatic carbocycles. The van der Waals surface area contributed by atoms with Crippen molar-refractivity contribution in [3.8, 4) is 5.75 Å². The van der Waals surface area contributed by atoms with E-state index in [9.17, 15) is 0 Å². The molecular formula is C36H34ClN4O2+. The monoisotopic (exact) mass is 589 g/mol. The third kappa shape index (κ3) is 5.35. The number of para-hydroxylation sites is 2. The van der Waals surface area contributed by atoms with Gasteiger partial charge in [0, 0.05) is 47.3 Å². The Labute approximate surface area is 257 Å². The number of aryl methyl sites for hydroxylation is 1. The Kier molecular flexibility index (Phi) is 7.07. The zero-order valence-electron chi connectivity index (χ0n) is 24.5. The van der Waals surface area contributed by atoms with Crippen molar-refractivity contribution in [3.05, 3.63) is 126 Å². The summed E-state index contributed by atoms with van der Waals surface area (Å²) in [6, 6.07) is 34.0. The standard InChI is InChI=1S/C36H34ClN4O2/c1-4-24(19-35-39(2)31-21-25(37)15-17-33(31)42-35)20-36-40(3)32-22-26(16-18-34(32)43-36)38-29-23-30(29)41(27-11-7-5-8-12-27)28-13-9-6-10-14-28/h5-22,29-30,38H,4,23H2,1-3H3/q+1. The van der Waals surface area contributed by atoms with E-state index in [2.05, 4.69) is 113 Å². The first-order valence-corrected chi connectivity index (χ1v) is 15.1. The summed E-state index contributed by atoms with van der Waals surface area (Å²) < 4.78 is 14.5. The number of allylic oxidation sites excluding steroid dienone is 2. The Bertz CT molecular complexity index is 1810. The smallest absolute Gasteiger partial charge is 0.374 e. The predicted molar refractivity (Wildman–Crippen MR) is 175 cm³/mol. The van der Waals surface area contributed by atoms with Crippen molar-refractivity contribution >= 4 is 51.5 Å². The van der Waals surface area contributed by atoms with Gasteiger partial charge < -0.3 is 24.3 Å². The Morgan fingerprint density at radius 2 is 1.72 bits per heavy atom. The van der Waals surface area contributed by atoms with E-state index in [4.69, 9.17) is 20.8 Å². The van der Waals surface area contributed by atoms with Crippen molar-refractivity contribution < 1.29 is 13.7 Å². The van der Waals surface area contributed by atoms with Crippen LogP contribution < -0.4 is 24.4 Å². The van der Waals surface area contributed by atoms with Gasteiger partial charge in [-0.15, -0.1) is 0 Å². The zero-order chi connectivity index (χ0) is 29.5. The molecule has 0 amide bonds. The number of fused-ring (bicyclic) bond motifs is 2. The van der Waals surface area contributed by atoms with Gasteiger partial charge in [0.2, 0.25) is 11.5 Å². The molecule has 1 N–H and O–H groups in total. The van der Waals surface area contributed by atoms with E-state index >= 15 is 0 Å². The zero-order valence-corrected chi connectivity index (χ0v) is 25.3. The summed E-state index contributed by atoms with van der Waals surface area (Å²) in [5.41, 5.74) is 7.44. The molecule has 2 heterocycles. The van der Waals surface area contributed by atoms with Crippen molar-refractivity contribution in [2.75, 3.05) is 22.2 Å². The number of aromatic nitrogens is 1. The van der Waals surface area contributed by atoms with E-state index in [0.717, 1.165) is 58.4 Å². The highest BCUT2D eigenvalue weighted by molar-refractivity contribution is 6.31. The molecule has 7 rings (SSSR count). The number of hydrogen-bond acceptors (Lipinski definition) is 5. The SMILES string of the molecule is CCC(/C=C1\Oc2ccc(Cl)cc2N1C)=C\c1oc2ccc(NC3CC3N(c3ccccc3)c3ccccc3)cc2[n+]1C. The highest BCUT2D eigenvalue weighted by Crippen LogP contribution is 2.41. The molecule has 2 aliphatic rings. The molecule has 0 saturated heterocycles. The van der Waals surface area contributed by atoms with Crippen LogP contribution in [0.4, 0.5) is 22.7 Å². The minimum atomic E-state index is 0.343. The molecule has 216 valence electrons. The molecule has 2 unspecified atom stereocenters. The van der Waals surface area contributed by atoms with Crippen molar-refractivity contribution in [1.29, 1.82) is 0 Å². The molecule has 1 fully saturated rings. The molecule has 1 aromatic heterocycles. The highest BCUT2D eigenvalue weighted by Gasteiger charge is 2.43. The van der Waals surface area contributed by atoms with Gasteiger partial charge in [0.25, 0.3) is 5.52 Å². The number of nitrogens with one attached hydrogen (secondary N) is 1. The van der Waals surface area contributed by atoms with Crippen LogP contribution in [0.2, 0.25) is 5.02 Å². The Balaban J connectivity index is 1.11. The number of benzene rings is 4. The van der Waals surface area contributed by atoms with Gasteiger partial charge in [0.1, 0.15) is 7.05 Å². The van der Waals surface area contributed by atoms with E-state index in [0.29, 0.717) is 17.1 Å². The fourth-order valence-electron chi connectivity index (χ4n) is 5.76. The molecule has 2 atom stereocenters. The Hall–Kier alpha value is -4.68. The van der Waals surface area contributed by atoms with E-state index < -0.39 is 0 Å². The van der Waals surface area contributed by atoms with Crippen molar-refractivity contribution in [3.63, 3.8) is 0 Å². The molecule has 0 radical (unpaired) electrons. The van der Waals surface area contributed by atoms with Crippen LogP contribution in [0.3, 0.4) is 0 Å². The topological polar surface area (TPSA) is 44.8 Å². The van der Waals surface area contributed by atoms with Crippen molar-refractivity contribution in [1.82, 2.24) is 0 Å². The van der Waals surface area contributed by atoms with Crippen LogP contribution in [0.15, 0.2) is 119 Å². The molecule has 7 heteroatoms. The second-order valence-corrected chi connectivity index (χ2v) is 11.5. The second kappa shape index (κ2) is 11.2. The summed E-state index contributed by atoms with van der Waals surface area (Å²) in [7, 11) is 4.03. The summed E-state index contributed by atoms with van der Waals surface area (Å²) in [6.45, 7) is 2.13. The van der Waals surface area contributed by atoms with Crippen LogP contribution in [0.25, 0.3) is 17.2 Å². The van der Waals surface area contributed by atoms with Gasteiger partial charge in [-0.1, -0.05) is 54.9 Å². The summed E-state index contributed by atoms with van der Waals surface area (Å²) in [6.07, 6.45) is 6.03. The molecular weight excluding hydrogens is 556 g/mol. The molecule has 6 nitrogen and oxygen atoms in total. The molecule has 1 saturated carbocycles. The number of anilines is 4. The lowest BCUT2D eigenvalue weighted by atomic mass is 10.2. The van der Waals surface area contributed by atoms with Crippen molar-refractivity contribution in [2.24, 2.45) is 7.05 Å². The van der Waals surface area contributed by atoms with Gasteiger partial charge in [0.05, 0.1) is 17.8 Å². The Morgan fingerprint density at radius 1 is 1.00 bits per heavy atom. The lowest BCUT2D eigenvalue weighted by molar-refractivity contribution is -0.652. The van der Waals surface area contributed by atoms with E-state index in [-0.39, 0.29) is 0 Å². The molecule has 4 aromatic carbocycles. The minimum absolute atomic E-state index is 0.343. The quantitative estimate of drug-likeness (QED) is 0.184. The first-order valence-electron chi connectivity index (χ1n) is 14.7. The first-order chi connectivity index (χ1) is 21.0. The van der Waals surface area contributed by atoms with Gasteiger partial charge in [-0.3, -0.25) is 0 Å². The third-order valence-electron chi connectivity index (χ3n) is 8.23. The fraction of sp³-hybridized carbons (Fsp3) is 0.194. The van der Waals surface area contributed by atoms with Crippen LogP contribution in [0.1, 0.15) is 25.7 Å². The maximum absolute atomic E-state index is 6.30. The summed E-state index contributed by atoms with van der Waals surface area (Å²) in [5.74, 6) is 2.34. The lowest BCUT2D eigenvalue weighted by Crippen LogP contribution is -2.29. The van der Waals surface area contributed by atoms with E-state index in [1.165, 1.54) is 11.4 Å². The average molecular weight is 590 g/mol. The van der Waals surface area contributed by atoms with Crippen LogP contribution in [-0.2, 0) is 7.05 Å². The predicted octanol–water partition coefficient (Wildman–Crippen LogP) is 8.47. The Morgan fingerprint density at radius 3 is 2.42 bits per heavy atom. The lowest BCUT2D eigenvalue weighted by Gasteiger charge is -2.26. The van der Waals surface area contributed by atoms with Gasteiger partial charge in [-0.2, -0.15) is 4.57 Å². The van der Waals surface area contributed by atoms with Gasteiger partial charge >= 0.3 is 5.89 Å². The van der Waals surface area contributed by atoms with E-state index in [1.54, 1.807) is 0 Å². The van der Waals surface area contributed by atoms with Crippen LogP contribution in [0.5, 0.6) is 5.75 Å². The van der Waals surface area contributed by atoms with Gasteiger partial charge in [-0.25, -0.2) is 0 Å².